The number of rotatable bonds is 9. The lowest BCUT2D eigenvalue weighted by Gasteiger charge is -2.19. The van der Waals surface area contributed by atoms with E-state index in [9.17, 15) is 49.8 Å². The summed E-state index contributed by atoms with van der Waals surface area (Å²) in [6, 6.07) is 3.50. The van der Waals surface area contributed by atoms with Gasteiger partial charge in [-0.2, -0.15) is 0 Å². The molecule has 0 unspecified atom stereocenters. The average Bonchev–Trinajstić information content (AvgIpc) is 2.77. The molecule has 0 heterocycles. The van der Waals surface area contributed by atoms with Gasteiger partial charge in [-0.1, -0.05) is 12.1 Å². The van der Waals surface area contributed by atoms with Gasteiger partial charge in [0.05, 0.1) is 17.7 Å². The predicted molar refractivity (Wildman–Crippen MR) is 108 cm³/mol. The van der Waals surface area contributed by atoms with E-state index in [1.807, 2.05) is 5.32 Å². The van der Waals surface area contributed by atoms with Gasteiger partial charge in [0.25, 0.3) is 11.8 Å². The second-order valence-corrected chi connectivity index (χ2v) is 6.55. The number of amides is 2. The minimum Gasteiger partial charge on any atom is -0.504 e. The lowest BCUT2D eigenvalue weighted by Crippen LogP contribution is -2.48. The number of hydrogen-bond donors (Lipinski definition) is 8. The molecule has 0 aromatic heterocycles. The smallest absolute Gasteiger partial charge is 0.331 e. The summed E-state index contributed by atoms with van der Waals surface area (Å²) in [5, 5.41) is 61.0. The molecule has 2 aromatic carbocycles. The van der Waals surface area contributed by atoms with Gasteiger partial charge in [-0.3, -0.25) is 9.59 Å². The fourth-order valence-electron chi connectivity index (χ4n) is 2.52. The second kappa shape index (κ2) is 10.7. The fourth-order valence-corrected chi connectivity index (χ4v) is 2.52. The van der Waals surface area contributed by atoms with Crippen LogP contribution in [0.3, 0.4) is 0 Å². The molecule has 0 aliphatic carbocycles. The van der Waals surface area contributed by atoms with Crippen molar-refractivity contribution >= 4 is 23.8 Å². The third-order valence-electron chi connectivity index (χ3n) is 4.29. The Kier molecular flexibility index (Phi) is 8.01. The number of hydrogen-bond acceptors (Lipinski definition) is 10. The van der Waals surface area contributed by atoms with Gasteiger partial charge in [-0.05, 0) is 24.3 Å². The van der Waals surface area contributed by atoms with Gasteiger partial charge in [-0.25, -0.2) is 9.59 Å². The summed E-state index contributed by atoms with van der Waals surface area (Å²) in [6.07, 6.45) is 0. The molecule has 0 aliphatic rings. The Bertz CT molecular complexity index is 1070. The second-order valence-electron chi connectivity index (χ2n) is 6.55. The Morgan fingerprint density at radius 3 is 1.67 bits per heavy atom. The van der Waals surface area contributed by atoms with Crippen molar-refractivity contribution in [1.29, 1.82) is 0 Å². The molecule has 0 saturated carbocycles. The first-order chi connectivity index (χ1) is 15.6. The number of carbonyl (C=O) groups excluding carboxylic acids is 3. The van der Waals surface area contributed by atoms with E-state index in [-0.39, 0.29) is 0 Å². The highest BCUT2D eigenvalue weighted by Gasteiger charge is 2.28. The molecule has 0 saturated heterocycles. The van der Waals surface area contributed by atoms with E-state index in [0.29, 0.717) is 0 Å². The number of carboxylic acids is 1. The number of ether oxygens (including phenoxy) is 1. The SMILES string of the molecule is O=C(N[C@@H](COC(=O)[C@H](CO)NC(=O)c1cccc(O)c1O)C(=O)O)c1cccc(O)c1O. The number of aliphatic hydroxyl groups excluding tert-OH is 1. The van der Waals surface area contributed by atoms with Crippen molar-refractivity contribution in [2.75, 3.05) is 13.2 Å². The Labute approximate surface area is 185 Å². The van der Waals surface area contributed by atoms with Crippen LogP contribution in [0.25, 0.3) is 0 Å². The van der Waals surface area contributed by atoms with Crippen molar-refractivity contribution in [3.63, 3.8) is 0 Å². The van der Waals surface area contributed by atoms with E-state index in [4.69, 9.17) is 4.74 Å². The summed E-state index contributed by atoms with van der Waals surface area (Å²) < 4.78 is 4.77. The number of nitrogens with one attached hydrogen (secondary N) is 2. The number of carboxylic acid groups (broad SMARTS) is 1. The highest BCUT2D eigenvalue weighted by molar-refractivity contribution is 6.00. The van der Waals surface area contributed by atoms with Crippen LogP contribution in [-0.2, 0) is 14.3 Å². The first kappa shape index (κ1) is 24.7. The van der Waals surface area contributed by atoms with Gasteiger partial charge in [0, 0.05) is 0 Å². The average molecular weight is 464 g/mol. The summed E-state index contributed by atoms with van der Waals surface area (Å²) in [5.74, 6) is -7.74. The van der Waals surface area contributed by atoms with Crippen LogP contribution in [0.2, 0.25) is 0 Å². The first-order valence-corrected chi connectivity index (χ1v) is 9.20. The molecule has 2 atom stereocenters. The molecule has 8 N–H and O–H groups in total. The van der Waals surface area contributed by atoms with Gasteiger partial charge in [0.1, 0.15) is 6.61 Å². The number of carbonyl (C=O) groups is 4. The van der Waals surface area contributed by atoms with Crippen LogP contribution in [0.1, 0.15) is 20.7 Å². The highest BCUT2D eigenvalue weighted by atomic mass is 16.5. The summed E-state index contributed by atoms with van der Waals surface area (Å²) in [7, 11) is 0. The third-order valence-corrected chi connectivity index (χ3v) is 4.29. The lowest BCUT2D eigenvalue weighted by atomic mass is 10.1. The van der Waals surface area contributed by atoms with Crippen LogP contribution in [0, 0.1) is 0 Å². The molecule has 0 spiro atoms. The van der Waals surface area contributed by atoms with Crippen molar-refractivity contribution in [1.82, 2.24) is 10.6 Å². The molecule has 2 aromatic rings. The number of para-hydroxylation sites is 2. The standard InChI is InChI=1S/C20H20N2O11/c23-7-11(21-17(28)9-3-1-5-13(24)15(9)26)20(32)33-8-12(19(30)31)22-18(29)10-4-2-6-14(25)16(10)27/h1-6,11-12,23-27H,7-8H2,(H,21,28)(H,22,29)(H,30,31)/t11-,12-/m0/s1. The molecular weight excluding hydrogens is 444 g/mol. The summed E-state index contributed by atoms with van der Waals surface area (Å²) in [6.45, 7) is -1.87. The zero-order valence-corrected chi connectivity index (χ0v) is 16.8. The Balaban J connectivity index is 2.03. The Hall–Kier alpha value is -4.52. The van der Waals surface area contributed by atoms with Crippen molar-refractivity contribution in [3.05, 3.63) is 47.5 Å². The third kappa shape index (κ3) is 6.01. The van der Waals surface area contributed by atoms with E-state index >= 15 is 0 Å². The van der Waals surface area contributed by atoms with Crippen LogP contribution in [0.4, 0.5) is 0 Å². The van der Waals surface area contributed by atoms with Crippen LogP contribution in [-0.4, -0.2) is 79.7 Å². The van der Waals surface area contributed by atoms with Crippen molar-refractivity contribution in [3.8, 4) is 23.0 Å². The topological polar surface area (TPSA) is 223 Å². The van der Waals surface area contributed by atoms with Gasteiger partial charge >= 0.3 is 11.9 Å². The molecular formula is C20H20N2O11. The zero-order valence-electron chi connectivity index (χ0n) is 16.8. The predicted octanol–water partition coefficient (Wildman–Crippen LogP) is -0.974. The molecule has 0 radical (unpaired) electrons. The highest BCUT2D eigenvalue weighted by Crippen LogP contribution is 2.28. The largest absolute Gasteiger partial charge is 0.504 e. The van der Waals surface area contributed by atoms with E-state index in [1.165, 1.54) is 12.1 Å². The number of aromatic hydroxyl groups is 4. The van der Waals surface area contributed by atoms with Gasteiger partial charge in [0.2, 0.25) is 0 Å². The number of phenolic OH excluding ortho intramolecular Hbond substituents is 4. The molecule has 13 nitrogen and oxygen atoms in total. The lowest BCUT2D eigenvalue weighted by molar-refractivity contribution is -0.150. The van der Waals surface area contributed by atoms with Crippen LogP contribution >= 0.6 is 0 Å². The van der Waals surface area contributed by atoms with Crippen LogP contribution in [0.15, 0.2) is 36.4 Å². The van der Waals surface area contributed by atoms with E-state index < -0.39 is 83.2 Å². The molecule has 0 aliphatic heterocycles. The minimum atomic E-state index is -1.78. The van der Waals surface area contributed by atoms with E-state index in [1.54, 1.807) is 0 Å². The summed E-state index contributed by atoms with van der Waals surface area (Å²) in [4.78, 5) is 48.0. The molecule has 0 fully saturated rings. The molecule has 176 valence electrons. The summed E-state index contributed by atoms with van der Waals surface area (Å²) >= 11 is 0. The Morgan fingerprint density at radius 1 is 0.788 bits per heavy atom. The number of benzene rings is 2. The molecule has 33 heavy (non-hydrogen) atoms. The maximum Gasteiger partial charge on any atom is 0.331 e. The maximum atomic E-state index is 12.2. The normalized spacial score (nSPS) is 12.3. The Morgan fingerprint density at radius 2 is 1.24 bits per heavy atom. The maximum absolute atomic E-state index is 12.2. The van der Waals surface area contributed by atoms with E-state index in [2.05, 4.69) is 5.32 Å². The van der Waals surface area contributed by atoms with Crippen molar-refractivity contribution in [2.45, 2.75) is 12.1 Å². The zero-order chi connectivity index (χ0) is 24.7. The van der Waals surface area contributed by atoms with Crippen LogP contribution in [0.5, 0.6) is 23.0 Å². The molecule has 2 rings (SSSR count). The first-order valence-electron chi connectivity index (χ1n) is 9.20. The monoisotopic (exact) mass is 464 g/mol. The van der Waals surface area contributed by atoms with Crippen LogP contribution < -0.4 is 10.6 Å². The van der Waals surface area contributed by atoms with Crippen molar-refractivity contribution in [2.24, 2.45) is 0 Å². The van der Waals surface area contributed by atoms with Gasteiger partial charge in [0.15, 0.2) is 35.1 Å². The number of phenols is 4. The number of aliphatic carboxylic acids is 1. The number of aliphatic hydroxyl groups is 1. The molecule has 2 amide bonds. The number of esters is 1. The molecule has 0 bridgehead atoms. The summed E-state index contributed by atoms with van der Waals surface area (Å²) in [5.41, 5.74) is -0.832. The van der Waals surface area contributed by atoms with E-state index in [0.717, 1.165) is 24.3 Å². The molecule has 13 heteroatoms. The van der Waals surface area contributed by atoms with Crippen molar-refractivity contribution < 1.29 is 54.6 Å². The quantitative estimate of drug-likeness (QED) is 0.166. The van der Waals surface area contributed by atoms with Gasteiger partial charge < -0.3 is 46.0 Å². The van der Waals surface area contributed by atoms with Gasteiger partial charge in [-0.15, -0.1) is 0 Å². The fraction of sp³-hybridized carbons (Fsp3) is 0.200. The minimum absolute atomic E-state index is 0.400.